The van der Waals surface area contributed by atoms with Gasteiger partial charge < -0.3 is 5.73 Å². The van der Waals surface area contributed by atoms with E-state index in [4.69, 9.17) is 5.73 Å². The molecule has 2 nitrogen and oxygen atoms in total. The summed E-state index contributed by atoms with van der Waals surface area (Å²) in [5, 5.41) is 3.42. The molecule has 0 atom stereocenters. The number of hydrogen-bond donors (Lipinski definition) is 1. The Balaban J connectivity index is 0.00000133. The van der Waals surface area contributed by atoms with E-state index in [0.29, 0.717) is 5.82 Å². The molecule has 3 aromatic rings. The Hall–Kier alpha value is -1.58. The Kier molecular flexibility index (Phi) is 4.08. The zero-order valence-electron chi connectivity index (χ0n) is 10.6. The van der Waals surface area contributed by atoms with E-state index in [9.17, 15) is 0 Å². The third-order valence-electron chi connectivity index (χ3n) is 3.12. The van der Waals surface area contributed by atoms with Gasteiger partial charge in [0, 0.05) is 15.6 Å². The molecule has 0 saturated carbocycles. The van der Waals surface area contributed by atoms with Crippen LogP contribution in [0.2, 0.25) is 0 Å². The second-order valence-electron chi connectivity index (χ2n) is 4.22. The average molecular weight is 291 g/mol. The largest absolute Gasteiger partial charge is 0.384 e. The van der Waals surface area contributed by atoms with Crippen molar-refractivity contribution in [3.8, 4) is 11.1 Å². The van der Waals surface area contributed by atoms with Crippen molar-refractivity contribution in [2.24, 2.45) is 0 Å². The van der Waals surface area contributed by atoms with Gasteiger partial charge in [-0.15, -0.1) is 23.7 Å². The smallest absolute Gasteiger partial charge is 0.123 e. The highest BCUT2D eigenvalue weighted by Crippen LogP contribution is 2.33. The van der Waals surface area contributed by atoms with Crippen LogP contribution in [0.1, 0.15) is 12.6 Å². The number of pyridine rings is 1. The predicted octanol–water partition coefficient (Wildman–Crippen LogP) is 4.53. The number of anilines is 1. The second kappa shape index (κ2) is 5.59. The van der Waals surface area contributed by atoms with Crippen molar-refractivity contribution in [1.82, 2.24) is 4.98 Å². The van der Waals surface area contributed by atoms with Crippen molar-refractivity contribution in [3.05, 3.63) is 47.5 Å². The van der Waals surface area contributed by atoms with Crippen LogP contribution in [0.4, 0.5) is 5.82 Å². The van der Waals surface area contributed by atoms with Gasteiger partial charge in [0.05, 0.1) is 5.69 Å². The monoisotopic (exact) mass is 290 g/mol. The molecule has 0 aliphatic carbocycles. The minimum absolute atomic E-state index is 0. The molecule has 2 heterocycles. The van der Waals surface area contributed by atoms with Crippen LogP contribution >= 0.6 is 23.7 Å². The number of rotatable bonds is 2. The summed E-state index contributed by atoms with van der Waals surface area (Å²) in [6, 6.07) is 12.5. The molecule has 2 aromatic heterocycles. The minimum Gasteiger partial charge on any atom is -0.384 e. The third kappa shape index (κ3) is 2.44. The number of nitrogens with two attached hydrogens (primary N) is 1. The van der Waals surface area contributed by atoms with E-state index in [1.54, 1.807) is 11.3 Å². The van der Waals surface area contributed by atoms with Gasteiger partial charge in [-0.05, 0) is 41.6 Å². The van der Waals surface area contributed by atoms with Crippen molar-refractivity contribution in [2.45, 2.75) is 13.3 Å². The first-order valence-corrected chi connectivity index (χ1v) is 6.89. The lowest BCUT2D eigenvalue weighted by Gasteiger charge is -2.09. The molecule has 0 aliphatic rings. The summed E-state index contributed by atoms with van der Waals surface area (Å²) in [7, 11) is 0. The van der Waals surface area contributed by atoms with Crippen LogP contribution in [-0.2, 0) is 6.42 Å². The molecule has 0 spiro atoms. The molecule has 0 unspecified atom stereocenters. The Morgan fingerprint density at radius 1 is 1.11 bits per heavy atom. The molecule has 0 saturated heterocycles. The number of halogens is 1. The maximum Gasteiger partial charge on any atom is 0.123 e. The molecule has 3 rings (SSSR count). The first kappa shape index (κ1) is 13.8. The Bertz CT molecular complexity index is 706. The van der Waals surface area contributed by atoms with Crippen molar-refractivity contribution in [1.29, 1.82) is 0 Å². The number of fused-ring (bicyclic) bond motifs is 1. The van der Waals surface area contributed by atoms with Gasteiger partial charge in [0.2, 0.25) is 0 Å². The SMILES string of the molecule is CCc1nc(N)ccc1-c1cccc2sccc12.Cl. The molecule has 19 heavy (non-hydrogen) atoms. The zero-order chi connectivity index (χ0) is 12.5. The number of nitrogens with zero attached hydrogens (tertiary/aromatic N) is 1. The number of benzene rings is 1. The summed E-state index contributed by atoms with van der Waals surface area (Å²) >= 11 is 1.77. The van der Waals surface area contributed by atoms with E-state index in [0.717, 1.165) is 12.1 Å². The Labute approximate surface area is 122 Å². The van der Waals surface area contributed by atoms with Gasteiger partial charge in [-0.3, -0.25) is 0 Å². The quantitative estimate of drug-likeness (QED) is 0.753. The van der Waals surface area contributed by atoms with Crippen molar-refractivity contribution < 1.29 is 0 Å². The van der Waals surface area contributed by atoms with Gasteiger partial charge in [0.25, 0.3) is 0 Å². The molecule has 0 fully saturated rings. The molecule has 4 heteroatoms. The zero-order valence-corrected chi connectivity index (χ0v) is 12.2. The summed E-state index contributed by atoms with van der Waals surface area (Å²) in [6.07, 6.45) is 0.890. The fraction of sp³-hybridized carbons (Fsp3) is 0.133. The summed E-state index contributed by atoms with van der Waals surface area (Å²) < 4.78 is 1.31. The van der Waals surface area contributed by atoms with Crippen molar-refractivity contribution in [2.75, 3.05) is 5.73 Å². The van der Waals surface area contributed by atoms with Crippen LogP contribution < -0.4 is 5.73 Å². The molecular formula is C15H15ClN2S. The van der Waals surface area contributed by atoms with Gasteiger partial charge in [-0.2, -0.15) is 0 Å². The van der Waals surface area contributed by atoms with Crippen molar-refractivity contribution >= 4 is 39.6 Å². The second-order valence-corrected chi connectivity index (χ2v) is 5.17. The lowest BCUT2D eigenvalue weighted by Crippen LogP contribution is -1.97. The summed E-state index contributed by atoms with van der Waals surface area (Å²) in [6.45, 7) is 2.11. The van der Waals surface area contributed by atoms with Gasteiger partial charge in [-0.1, -0.05) is 19.1 Å². The van der Waals surface area contributed by atoms with Crippen LogP contribution in [0.3, 0.4) is 0 Å². The molecule has 1 aromatic carbocycles. The minimum atomic E-state index is 0. The third-order valence-corrected chi connectivity index (χ3v) is 4.00. The van der Waals surface area contributed by atoms with E-state index in [1.165, 1.54) is 21.2 Å². The highest BCUT2D eigenvalue weighted by atomic mass is 35.5. The topological polar surface area (TPSA) is 38.9 Å². The highest BCUT2D eigenvalue weighted by Gasteiger charge is 2.09. The maximum absolute atomic E-state index is 5.76. The fourth-order valence-corrected chi connectivity index (χ4v) is 3.07. The van der Waals surface area contributed by atoms with E-state index in [1.807, 2.05) is 6.07 Å². The van der Waals surface area contributed by atoms with Crippen LogP contribution in [0.25, 0.3) is 21.2 Å². The van der Waals surface area contributed by atoms with E-state index >= 15 is 0 Å². The molecule has 0 amide bonds. The standard InChI is InChI=1S/C15H14N2S.ClH/c1-2-13-11(6-7-15(16)17-13)10-4-3-5-14-12(10)8-9-18-14;/h3-9H,2H2,1H3,(H2,16,17);1H. The lowest BCUT2D eigenvalue weighted by molar-refractivity contribution is 1.05. The van der Waals surface area contributed by atoms with Crippen LogP contribution in [-0.4, -0.2) is 4.98 Å². The van der Waals surface area contributed by atoms with Gasteiger partial charge in [-0.25, -0.2) is 4.98 Å². The van der Waals surface area contributed by atoms with E-state index in [2.05, 4.69) is 47.6 Å². The molecule has 0 bridgehead atoms. The van der Waals surface area contributed by atoms with Gasteiger partial charge in [0.1, 0.15) is 5.82 Å². The maximum atomic E-state index is 5.76. The molecule has 2 N–H and O–H groups in total. The lowest BCUT2D eigenvalue weighted by atomic mass is 9.99. The first-order chi connectivity index (χ1) is 8.79. The first-order valence-electron chi connectivity index (χ1n) is 6.01. The highest BCUT2D eigenvalue weighted by molar-refractivity contribution is 7.17. The summed E-state index contributed by atoms with van der Waals surface area (Å²) in [5.41, 5.74) is 9.27. The molecular weight excluding hydrogens is 276 g/mol. The van der Waals surface area contributed by atoms with Crippen LogP contribution in [0, 0.1) is 0 Å². The normalized spacial score (nSPS) is 10.4. The number of hydrogen-bond acceptors (Lipinski definition) is 3. The average Bonchev–Trinajstić information content (AvgIpc) is 2.86. The van der Waals surface area contributed by atoms with E-state index in [-0.39, 0.29) is 12.4 Å². The Morgan fingerprint density at radius 2 is 1.95 bits per heavy atom. The number of aryl methyl sites for hydroxylation is 1. The number of thiophene rings is 1. The Morgan fingerprint density at radius 3 is 2.74 bits per heavy atom. The van der Waals surface area contributed by atoms with Gasteiger partial charge in [0.15, 0.2) is 0 Å². The fourth-order valence-electron chi connectivity index (χ4n) is 2.26. The number of nitrogen functional groups attached to an aromatic ring is 1. The molecule has 0 radical (unpaired) electrons. The van der Waals surface area contributed by atoms with Crippen LogP contribution in [0.5, 0.6) is 0 Å². The molecule has 98 valence electrons. The van der Waals surface area contributed by atoms with Crippen molar-refractivity contribution in [3.63, 3.8) is 0 Å². The van der Waals surface area contributed by atoms with Crippen LogP contribution in [0.15, 0.2) is 41.8 Å². The molecule has 0 aliphatic heterocycles. The predicted molar refractivity (Wildman–Crippen MR) is 86.1 cm³/mol. The summed E-state index contributed by atoms with van der Waals surface area (Å²) in [4.78, 5) is 4.44. The number of aromatic nitrogens is 1. The van der Waals surface area contributed by atoms with Gasteiger partial charge >= 0.3 is 0 Å². The summed E-state index contributed by atoms with van der Waals surface area (Å²) in [5.74, 6) is 0.591. The van der Waals surface area contributed by atoms with E-state index < -0.39 is 0 Å².